The summed E-state index contributed by atoms with van der Waals surface area (Å²) in [4.78, 5) is 15.4. The molecule has 0 radical (unpaired) electrons. The molecule has 0 saturated carbocycles. The Balaban J connectivity index is 2.13. The molecule has 3 aromatic rings. The van der Waals surface area contributed by atoms with Crippen LogP contribution in [0.3, 0.4) is 0 Å². The normalized spacial score (nSPS) is 10.9. The maximum Gasteiger partial charge on any atom is 0.271 e. The van der Waals surface area contributed by atoms with Crippen LogP contribution in [-0.4, -0.2) is 30.3 Å². The number of rotatable bonds is 2. The van der Waals surface area contributed by atoms with Gasteiger partial charge in [0, 0.05) is 18.3 Å². The van der Waals surface area contributed by atoms with E-state index in [0.717, 1.165) is 0 Å². The molecule has 4 N–H and O–H groups in total. The highest BCUT2D eigenvalue weighted by molar-refractivity contribution is 5.95. The van der Waals surface area contributed by atoms with E-state index in [1.165, 1.54) is 10.9 Å². The Kier molecular flexibility index (Phi) is 2.03. The van der Waals surface area contributed by atoms with Crippen LogP contribution in [0.2, 0.25) is 0 Å². The molecule has 0 aliphatic heterocycles. The number of nitrogen functional groups attached to an aromatic ring is 1. The van der Waals surface area contributed by atoms with Crippen LogP contribution in [0.25, 0.3) is 11.5 Å². The van der Waals surface area contributed by atoms with Crippen molar-refractivity contribution in [3.8, 4) is 5.82 Å². The van der Waals surface area contributed by atoms with Gasteiger partial charge in [0.1, 0.15) is 0 Å². The topological polar surface area (TPSA) is 117 Å². The molecule has 0 fully saturated rings. The first kappa shape index (κ1) is 10.3. The third kappa shape index (κ3) is 1.47. The van der Waals surface area contributed by atoms with Gasteiger partial charge in [0.2, 0.25) is 0 Å². The summed E-state index contributed by atoms with van der Waals surface area (Å²) >= 11 is 0. The van der Waals surface area contributed by atoms with Gasteiger partial charge in [-0.1, -0.05) is 0 Å². The van der Waals surface area contributed by atoms with Crippen molar-refractivity contribution < 1.29 is 4.79 Å². The number of nitrogens with zero attached hydrogens (tertiary/aromatic N) is 5. The Morgan fingerprint density at radius 2 is 2.17 bits per heavy atom. The summed E-state index contributed by atoms with van der Waals surface area (Å²) in [5.41, 5.74) is 11.7. The molecule has 0 aliphatic carbocycles. The molecule has 3 heterocycles. The van der Waals surface area contributed by atoms with Gasteiger partial charge in [-0.3, -0.25) is 4.79 Å². The molecule has 0 bridgehead atoms. The van der Waals surface area contributed by atoms with Crippen LogP contribution < -0.4 is 11.5 Å². The highest BCUT2D eigenvalue weighted by atomic mass is 16.1. The second-order valence-corrected chi connectivity index (χ2v) is 3.66. The number of anilines is 1. The largest absolute Gasteiger partial charge is 0.396 e. The lowest BCUT2D eigenvalue weighted by atomic mass is 10.4. The smallest absolute Gasteiger partial charge is 0.271 e. The fraction of sp³-hybridized carbons (Fsp3) is 0. The van der Waals surface area contributed by atoms with Crippen molar-refractivity contribution in [2.45, 2.75) is 0 Å². The molecule has 18 heavy (non-hydrogen) atoms. The Bertz CT molecular complexity index is 742. The van der Waals surface area contributed by atoms with Gasteiger partial charge >= 0.3 is 0 Å². The zero-order valence-corrected chi connectivity index (χ0v) is 9.19. The summed E-state index contributed by atoms with van der Waals surface area (Å²) in [5.74, 6) is -0.140. The molecule has 90 valence electrons. The van der Waals surface area contributed by atoms with E-state index < -0.39 is 5.91 Å². The fourth-order valence-corrected chi connectivity index (χ4v) is 1.63. The van der Waals surface area contributed by atoms with E-state index in [-0.39, 0.29) is 11.4 Å². The van der Waals surface area contributed by atoms with E-state index in [4.69, 9.17) is 11.5 Å². The van der Waals surface area contributed by atoms with Gasteiger partial charge in [0.05, 0.1) is 18.1 Å². The number of hydrogen-bond donors (Lipinski definition) is 2. The molecule has 0 unspecified atom stereocenters. The first-order valence-corrected chi connectivity index (χ1v) is 5.11. The molecule has 3 aromatic heterocycles. The Morgan fingerprint density at radius 3 is 2.89 bits per heavy atom. The number of primary amides is 1. The quantitative estimate of drug-likeness (QED) is 0.634. The number of amides is 1. The molecule has 3 rings (SSSR count). The first-order chi connectivity index (χ1) is 8.65. The minimum Gasteiger partial charge on any atom is -0.396 e. The Morgan fingerprint density at radius 1 is 1.33 bits per heavy atom. The van der Waals surface area contributed by atoms with Crippen molar-refractivity contribution in [3.05, 3.63) is 36.4 Å². The minimum absolute atomic E-state index is 0.0326. The standard InChI is InChI=1S/C10H9N7O/c11-6-5-17(15-9(6)10(12)18)8-2-4-16-7(14-8)1-3-13-16/h1-5H,11H2,(H2,12,18). The highest BCUT2D eigenvalue weighted by Gasteiger charge is 2.13. The number of carbonyl (C=O) groups is 1. The lowest BCUT2D eigenvalue weighted by Crippen LogP contribution is -2.14. The van der Waals surface area contributed by atoms with Crippen LogP contribution in [-0.2, 0) is 0 Å². The van der Waals surface area contributed by atoms with Gasteiger partial charge in [-0.25, -0.2) is 14.2 Å². The summed E-state index contributed by atoms with van der Waals surface area (Å²) in [6.45, 7) is 0. The van der Waals surface area contributed by atoms with Crippen molar-refractivity contribution in [1.29, 1.82) is 0 Å². The number of fused-ring (bicyclic) bond motifs is 1. The molecular weight excluding hydrogens is 234 g/mol. The van der Waals surface area contributed by atoms with E-state index in [1.54, 1.807) is 29.0 Å². The lowest BCUT2D eigenvalue weighted by Gasteiger charge is -2.00. The summed E-state index contributed by atoms with van der Waals surface area (Å²) < 4.78 is 3.02. The number of hydrogen-bond acceptors (Lipinski definition) is 5. The average molecular weight is 243 g/mol. The first-order valence-electron chi connectivity index (χ1n) is 5.11. The predicted molar refractivity (Wildman–Crippen MR) is 63.0 cm³/mol. The number of aromatic nitrogens is 5. The average Bonchev–Trinajstić information content (AvgIpc) is 2.93. The predicted octanol–water partition coefficient (Wildman–Crippen LogP) is -0.404. The lowest BCUT2D eigenvalue weighted by molar-refractivity contribution is 0.0996. The maximum absolute atomic E-state index is 11.1. The third-order valence-electron chi connectivity index (χ3n) is 2.45. The van der Waals surface area contributed by atoms with Crippen LogP contribution in [0.4, 0.5) is 5.69 Å². The number of carbonyl (C=O) groups excluding carboxylic acids is 1. The van der Waals surface area contributed by atoms with Gasteiger partial charge in [0.15, 0.2) is 17.2 Å². The van der Waals surface area contributed by atoms with Gasteiger partial charge < -0.3 is 11.5 Å². The van der Waals surface area contributed by atoms with Crippen molar-refractivity contribution in [2.24, 2.45) is 5.73 Å². The number of nitrogens with two attached hydrogens (primary N) is 2. The van der Waals surface area contributed by atoms with Crippen LogP contribution in [0, 0.1) is 0 Å². The van der Waals surface area contributed by atoms with Gasteiger partial charge in [-0.05, 0) is 0 Å². The van der Waals surface area contributed by atoms with Crippen LogP contribution >= 0.6 is 0 Å². The summed E-state index contributed by atoms with van der Waals surface area (Å²) in [5, 5.41) is 8.03. The van der Waals surface area contributed by atoms with Crippen molar-refractivity contribution in [2.75, 3.05) is 5.73 Å². The van der Waals surface area contributed by atoms with Gasteiger partial charge in [0.25, 0.3) is 5.91 Å². The third-order valence-corrected chi connectivity index (χ3v) is 2.45. The van der Waals surface area contributed by atoms with Crippen molar-refractivity contribution in [3.63, 3.8) is 0 Å². The monoisotopic (exact) mass is 243 g/mol. The molecule has 8 nitrogen and oxygen atoms in total. The minimum atomic E-state index is -0.670. The van der Waals surface area contributed by atoms with E-state index in [9.17, 15) is 4.79 Å². The molecule has 0 saturated heterocycles. The van der Waals surface area contributed by atoms with Gasteiger partial charge in [-0.2, -0.15) is 10.2 Å². The van der Waals surface area contributed by atoms with Crippen LogP contribution in [0.1, 0.15) is 10.5 Å². The zero-order chi connectivity index (χ0) is 12.7. The second-order valence-electron chi connectivity index (χ2n) is 3.66. The SMILES string of the molecule is NC(=O)c1nn(-c2ccn3nccc3n2)cc1N. The van der Waals surface area contributed by atoms with Crippen LogP contribution in [0.5, 0.6) is 0 Å². The molecule has 0 spiro atoms. The summed E-state index contributed by atoms with van der Waals surface area (Å²) in [6, 6.07) is 3.46. The molecular formula is C10H9N7O. The second kappa shape index (κ2) is 3.55. The Labute approximate surface area is 101 Å². The maximum atomic E-state index is 11.1. The van der Waals surface area contributed by atoms with E-state index >= 15 is 0 Å². The molecule has 1 amide bonds. The fourth-order valence-electron chi connectivity index (χ4n) is 1.63. The van der Waals surface area contributed by atoms with Crippen molar-refractivity contribution in [1.82, 2.24) is 24.4 Å². The van der Waals surface area contributed by atoms with E-state index in [1.807, 2.05) is 0 Å². The molecule has 0 aliphatic rings. The van der Waals surface area contributed by atoms with E-state index in [0.29, 0.717) is 11.5 Å². The highest BCUT2D eigenvalue weighted by Crippen LogP contribution is 2.12. The Hall–Kier alpha value is -2.90. The molecule has 8 heteroatoms. The summed E-state index contributed by atoms with van der Waals surface area (Å²) in [6.07, 6.45) is 4.87. The summed E-state index contributed by atoms with van der Waals surface area (Å²) in [7, 11) is 0. The van der Waals surface area contributed by atoms with Crippen molar-refractivity contribution >= 4 is 17.2 Å². The zero-order valence-electron chi connectivity index (χ0n) is 9.19. The molecule has 0 aromatic carbocycles. The molecule has 0 atom stereocenters. The van der Waals surface area contributed by atoms with Gasteiger partial charge in [-0.15, -0.1) is 0 Å². The van der Waals surface area contributed by atoms with Crippen LogP contribution in [0.15, 0.2) is 30.7 Å². The van der Waals surface area contributed by atoms with E-state index in [2.05, 4.69) is 15.2 Å².